The van der Waals surface area contributed by atoms with Crippen LogP contribution in [0.4, 0.5) is 8.78 Å². The molecule has 0 aliphatic carbocycles. The molecule has 0 bridgehead atoms. The number of amides is 1. The molecule has 1 heterocycles. The van der Waals surface area contributed by atoms with Gasteiger partial charge in [0.2, 0.25) is 0 Å². The van der Waals surface area contributed by atoms with Gasteiger partial charge in [-0.05, 0) is 30.5 Å². The molecule has 1 saturated heterocycles. The largest absolute Gasteiger partial charge is 0.435 e. The summed E-state index contributed by atoms with van der Waals surface area (Å²) < 4.78 is 35.3. The predicted molar refractivity (Wildman–Crippen MR) is 92.0 cm³/mol. The summed E-state index contributed by atoms with van der Waals surface area (Å²) in [7, 11) is 0. The molecule has 0 N–H and O–H groups in total. The van der Waals surface area contributed by atoms with E-state index >= 15 is 0 Å². The lowest BCUT2D eigenvalue weighted by Crippen LogP contribution is -2.51. The summed E-state index contributed by atoms with van der Waals surface area (Å²) in [5.74, 6) is 0.125. The summed E-state index contributed by atoms with van der Waals surface area (Å²) in [5.41, 5.74) is 0.358. The zero-order valence-electron chi connectivity index (χ0n) is 15.1. The fourth-order valence-corrected chi connectivity index (χ4v) is 2.98. The fourth-order valence-electron chi connectivity index (χ4n) is 2.98. The van der Waals surface area contributed by atoms with Gasteiger partial charge in [0, 0.05) is 18.7 Å². The first-order chi connectivity index (χ1) is 11.9. The van der Waals surface area contributed by atoms with Crippen molar-refractivity contribution in [1.82, 2.24) is 4.90 Å². The molecule has 6 heteroatoms. The second kappa shape index (κ2) is 9.13. The minimum absolute atomic E-state index is 0.00273. The number of rotatable bonds is 7. The topological polar surface area (TPSA) is 38.8 Å². The molecule has 1 aliphatic heterocycles. The minimum Gasteiger partial charge on any atom is -0.435 e. The van der Waals surface area contributed by atoms with Gasteiger partial charge >= 0.3 is 6.61 Å². The first-order valence-corrected chi connectivity index (χ1v) is 8.90. The fraction of sp³-hybridized carbons (Fsp3) is 0.632. The van der Waals surface area contributed by atoms with E-state index < -0.39 is 6.61 Å². The Morgan fingerprint density at radius 2 is 2.12 bits per heavy atom. The van der Waals surface area contributed by atoms with Gasteiger partial charge in [-0.3, -0.25) is 4.79 Å². The van der Waals surface area contributed by atoms with E-state index in [1.165, 1.54) is 12.1 Å². The first kappa shape index (κ1) is 19.6. The van der Waals surface area contributed by atoms with Gasteiger partial charge in [-0.1, -0.05) is 39.7 Å². The lowest BCUT2D eigenvalue weighted by atomic mass is 10.0. The Bertz CT molecular complexity index is 565. The highest BCUT2D eigenvalue weighted by molar-refractivity contribution is 5.94. The maximum atomic E-state index is 12.9. The van der Waals surface area contributed by atoms with Crippen molar-refractivity contribution in [2.45, 2.75) is 58.9 Å². The van der Waals surface area contributed by atoms with E-state index in [9.17, 15) is 13.6 Å². The number of carbonyl (C=O) groups excluding carboxylic acids is 1. The van der Waals surface area contributed by atoms with Crippen LogP contribution in [0.3, 0.4) is 0 Å². The summed E-state index contributed by atoms with van der Waals surface area (Å²) in [4.78, 5) is 14.6. The molecule has 2 rings (SSSR count). The number of halogens is 2. The van der Waals surface area contributed by atoms with Crippen LogP contribution in [-0.2, 0) is 4.74 Å². The lowest BCUT2D eigenvalue weighted by molar-refractivity contribution is -0.0962. The van der Waals surface area contributed by atoms with Crippen molar-refractivity contribution in [3.63, 3.8) is 0 Å². The van der Waals surface area contributed by atoms with Gasteiger partial charge in [-0.15, -0.1) is 0 Å². The van der Waals surface area contributed by atoms with Gasteiger partial charge < -0.3 is 14.4 Å². The molecule has 0 unspecified atom stereocenters. The van der Waals surface area contributed by atoms with Gasteiger partial charge in [-0.25, -0.2) is 0 Å². The average molecular weight is 355 g/mol. The summed E-state index contributed by atoms with van der Waals surface area (Å²) >= 11 is 0. The molecular formula is C19H27F2NO3. The van der Waals surface area contributed by atoms with E-state index in [1.807, 2.05) is 0 Å². The van der Waals surface area contributed by atoms with E-state index in [0.717, 1.165) is 19.3 Å². The van der Waals surface area contributed by atoms with Crippen LogP contribution in [0, 0.1) is 5.92 Å². The minimum atomic E-state index is -2.91. The van der Waals surface area contributed by atoms with Crippen LogP contribution in [0.15, 0.2) is 24.3 Å². The van der Waals surface area contributed by atoms with E-state index in [4.69, 9.17) is 4.74 Å². The third kappa shape index (κ3) is 5.66. The number of alkyl halides is 2. The molecule has 1 aromatic carbocycles. The summed E-state index contributed by atoms with van der Waals surface area (Å²) in [6, 6.07) is 5.97. The van der Waals surface area contributed by atoms with Crippen LogP contribution in [0.2, 0.25) is 0 Å². The van der Waals surface area contributed by atoms with Gasteiger partial charge in [-0.2, -0.15) is 8.78 Å². The number of hydrogen-bond donors (Lipinski definition) is 0. The normalized spacial score (nSPS) is 21.0. The maximum Gasteiger partial charge on any atom is 0.387 e. The third-order valence-corrected chi connectivity index (χ3v) is 4.41. The lowest BCUT2D eigenvalue weighted by Gasteiger charge is -2.40. The molecule has 1 fully saturated rings. The Kier molecular flexibility index (Phi) is 7.17. The quantitative estimate of drug-likeness (QED) is 0.730. The summed E-state index contributed by atoms with van der Waals surface area (Å²) in [6.45, 7) is 4.41. The highest BCUT2D eigenvalue weighted by Gasteiger charge is 2.32. The highest BCUT2D eigenvalue weighted by atomic mass is 19.3. The summed E-state index contributed by atoms with van der Waals surface area (Å²) in [6.07, 6.45) is 3.05. The van der Waals surface area contributed by atoms with Crippen molar-refractivity contribution in [2.75, 3.05) is 13.1 Å². The number of morpholine rings is 1. The van der Waals surface area contributed by atoms with Gasteiger partial charge in [0.1, 0.15) is 5.75 Å². The van der Waals surface area contributed by atoms with E-state index in [-0.39, 0.29) is 23.9 Å². The van der Waals surface area contributed by atoms with Gasteiger partial charge in [0.15, 0.2) is 0 Å². The molecule has 25 heavy (non-hydrogen) atoms. The number of hydrogen-bond acceptors (Lipinski definition) is 3. The van der Waals surface area contributed by atoms with Crippen LogP contribution in [-0.4, -0.2) is 42.7 Å². The Hall–Kier alpha value is -1.69. The molecule has 0 saturated carbocycles. The Labute approximate surface area is 148 Å². The molecular weight excluding hydrogens is 328 g/mol. The second-order valence-electron chi connectivity index (χ2n) is 6.80. The molecule has 0 spiro atoms. The van der Waals surface area contributed by atoms with Crippen LogP contribution in [0.1, 0.15) is 50.4 Å². The van der Waals surface area contributed by atoms with E-state index in [0.29, 0.717) is 24.6 Å². The third-order valence-electron chi connectivity index (χ3n) is 4.41. The predicted octanol–water partition coefficient (Wildman–Crippen LogP) is 4.34. The molecule has 1 amide bonds. The first-order valence-electron chi connectivity index (χ1n) is 8.90. The molecule has 2 atom stereocenters. The molecule has 140 valence electrons. The van der Waals surface area contributed by atoms with Gasteiger partial charge in [0.05, 0.1) is 12.2 Å². The number of benzene rings is 1. The zero-order valence-corrected chi connectivity index (χ0v) is 15.1. The zero-order chi connectivity index (χ0) is 18.4. The number of nitrogens with zero attached hydrogens (tertiary/aromatic N) is 1. The second-order valence-corrected chi connectivity index (χ2v) is 6.80. The molecule has 4 nitrogen and oxygen atoms in total. The van der Waals surface area contributed by atoms with Crippen molar-refractivity contribution in [2.24, 2.45) is 5.92 Å². The number of carbonyl (C=O) groups is 1. The van der Waals surface area contributed by atoms with Crippen molar-refractivity contribution >= 4 is 5.91 Å². The standard InChI is InChI=1S/C19H27F2NO3/c1-4-5-8-16-11-22(12-17(24-16)13(2)3)18(23)14-7-6-9-15(10-14)25-19(20)21/h6-7,9-10,13,16-17,19H,4-5,8,11-12H2,1-3H3/t16-,17-/m1/s1. The van der Waals surface area contributed by atoms with E-state index in [2.05, 4.69) is 25.5 Å². The van der Waals surface area contributed by atoms with Crippen LogP contribution in [0.25, 0.3) is 0 Å². The highest BCUT2D eigenvalue weighted by Crippen LogP contribution is 2.24. The van der Waals surface area contributed by atoms with E-state index in [1.54, 1.807) is 17.0 Å². The molecule has 0 radical (unpaired) electrons. The SMILES string of the molecule is CCCC[C@@H]1CN(C(=O)c2cccc(OC(F)F)c2)C[C@H](C(C)C)O1. The van der Waals surface area contributed by atoms with Crippen LogP contribution in [0.5, 0.6) is 5.75 Å². The summed E-state index contributed by atoms with van der Waals surface area (Å²) in [5, 5.41) is 0. The van der Waals surface area contributed by atoms with Crippen molar-refractivity contribution < 1.29 is 23.0 Å². The average Bonchev–Trinajstić information content (AvgIpc) is 2.58. The van der Waals surface area contributed by atoms with Crippen molar-refractivity contribution in [1.29, 1.82) is 0 Å². The molecule has 1 aliphatic rings. The smallest absolute Gasteiger partial charge is 0.387 e. The van der Waals surface area contributed by atoms with Crippen molar-refractivity contribution in [3.05, 3.63) is 29.8 Å². The molecule has 0 aromatic heterocycles. The molecule has 1 aromatic rings. The van der Waals surface area contributed by atoms with Crippen LogP contribution >= 0.6 is 0 Å². The monoisotopic (exact) mass is 355 g/mol. The Morgan fingerprint density at radius 3 is 2.76 bits per heavy atom. The Balaban J connectivity index is 2.12. The number of unbranched alkanes of at least 4 members (excludes halogenated alkanes) is 1. The van der Waals surface area contributed by atoms with Crippen LogP contribution < -0.4 is 4.74 Å². The van der Waals surface area contributed by atoms with Crippen molar-refractivity contribution in [3.8, 4) is 5.75 Å². The Morgan fingerprint density at radius 1 is 1.36 bits per heavy atom. The van der Waals surface area contributed by atoms with Gasteiger partial charge in [0.25, 0.3) is 5.91 Å². The number of ether oxygens (including phenoxy) is 2. The maximum absolute atomic E-state index is 12.9.